The fourth-order valence-corrected chi connectivity index (χ4v) is 2.59. The van der Waals surface area contributed by atoms with Gasteiger partial charge >= 0.3 is 0 Å². The van der Waals surface area contributed by atoms with E-state index in [0.29, 0.717) is 6.04 Å². The number of carbonyl (C=O) groups excluding carboxylic acids is 1. The van der Waals surface area contributed by atoms with Gasteiger partial charge in [-0.3, -0.25) is 9.69 Å². The highest BCUT2D eigenvalue weighted by atomic mass is 16.2. The SMILES string of the molecule is CCN1CCN2CCN(C(C)=O)CC2C1. The molecule has 0 radical (unpaired) electrons. The van der Waals surface area contributed by atoms with Crippen LogP contribution in [0.2, 0.25) is 0 Å². The molecule has 2 fully saturated rings. The van der Waals surface area contributed by atoms with Crippen LogP contribution in [-0.4, -0.2) is 72.5 Å². The summed E-state index contributed by atoms with van der Waals surface area (Å²) in [7, 11) is 0. The molecule has 2 saturated heterocycles. The van der Waals surface area contributed by atoms with Crippen molar-refractivity contribution >= 4 is 5.91 Å². The van der Waals surface area contributed by atoms with Gasteiger partial charge in [0.15, 0.2) is 0 Å². The van der Waals surface area contributed by atoms with Crippen LogP contribution in [0.1, 0.15) is 13.8 Å². The van der Waals surface area contributed by atoms with E-state index in [1.165, 1.54) is 13.1 Å². The maximum atomic E-state index is 11.3. The topological polar surface area (TPSA) is 26.8 Å². The number of carbonyl (C=O) groups is 1. The number of nitrogens with zero attached hydrogens (tertiary/aromatic N) is 3. The fourth-order valence-electron chi connectivity index (χ4n) is 2.59. The standard InChI is InChI=1S/C11H21N3O/c1-3-12-4-5-13-6-7-14(10(2)15)9-11(13)8-12/h11H,3-9H2,1-2H3. The third kappa shape index (κ3) is 2.32. The number of amides is 1. The average molecular weight is 211 g/mol. The van der Waals surface area contributed by atoms with Crippen LogP contribution >= 0.6 is 0 Å². The second-order valence-corrected chi connectivity index (χ2v) is 4.55. The molecule has 0 spiro atoms. The monoisotopic (exact) mass is 211 g/mol. The number of hydrogen-bond donors (Lipinski definition) is 0. The van der Waals surface area contributed by atoms with Crippen LogP contribution in [0.3, 0.4) is 0 Å². The van der Waals surface area contributed by atoms with E-state index < -0.39 is 0 Å². The summed E-state index contributed by atoms with van der Waals surface area (Å²) in [5.74, 6) is 0.225. The van der Waals surface area contributed by atoms with Crippen molar-refractivity contribution in [2.45, 2.75) is 19.9 Å². The summed E-state index contributed by atoms with van der Waals surface area (Å²) < 4.78 is 0. The number of piperazine rings is 2. The van der Waals surface area contributed by atoms with Gasteiger partial charge in [0.25, 0.3) is 0 Å². The summed E-state index contributed by atoms with van der Waals surface area (Å²) in [5, 5.41) is 0. The van der Waals surface area contributed by atoms with Crippen LogP contribution in [0, 0.1) is 0 Å². The molecule has 2 heterocycles. The predicted octanol–water partition coefficient (Wildman–Crippen LogP) is -0.145. The van der Waals surface area contributed by atoms with E-state index in [4.69, 9.17) is 0 Å². The molecule has 2 aliphatic rings. The van der Waals surface area contributed by atoms with Crippen molar-refractivity contribution in [1.82, 2.24) is 14.7 Å². The quantitative estimate of drug-likeness (QED) is 0.604. The molecule has 0 saturated carbocycles. The Bertz CT molecular complexity index is 244. The molecule has 2 rings (SSSR count). The van der Waals surface area contributed by atoms with Crippen LogP contribution < -0.4 is 0 Å². The minimum absolute atomic E-state index is 0.225. The second kappa shape index (κ2) is 4.49. The minimum Gasteiger partial charge on any atom is -0.340 e. The van der Waals surface area contributed by atoms with Gasteiger partial charge in [0.05, 0.1) is 0 Å². The van der Waals surface area contributed by atoms with Gasteiger partial charge in [-0.25, -0.2) is 0 Å². The van der Waals surface area contributed by atoms with Crippen molar-refractivity contribution in [2.24, 2.45) is 0 Å². The molecule has 0 aliphatic carbocycles. The molecule has 15 heavy (non-hydrogen) atoms. The lowest BCUT2D eigenvalue weighted by Gasteiger charge is -2.47. The first-order valence-corrected chi connectivity index (χ1v) is 5.92. The fraction of sp³-hybridized carbons (Fsp3) is 0.909. The Balaban J connectivity index is 1.94. The van der Waals surface area contributed by atoms with Crippen molar-refractivity contribution in [3.8, 4) is 0 Å². The van der Waals surface area contributed by atoms with Gasteiger partial charge in [-0.15, -0.1) is 0 Å². The molecule has 4 heteroatoms. The van der Waals surface area contributed by atoms with Crippen molar-refractivity contribution in [2.75, 3.05) is 45.8 Å². The molecule has 2 aliphatic heterocycles. The summed E-state index contributed by atoms with van der Waals surface area (Å²) in [6, 6.07) is 0.566. The van der Waals surface area contributed by atoms with Crippen LogP contribution in [0.25, 0.3) is 0 Å². The van der Waals surface area contributed by atoms with Gasteiger partial charge in [0.2, 0.25) is 5.91 Å². The van der Waals surface area contributed by atoms with Gasteiger partial charge in [-0.2, -0.15) is 0 Å². The van der Waals surface area contributed by atoms with Gasteiger partial charge in [0.1, 0.15) is 0 Å². The Morgan fingerprint density at radius 2 is 1.93 bits per heavy atom. The molecule has 86 valence electrons. The molecule has 1 unspecified atom stereocenters. The normalized spacial score (nSPS) is 28.9. The van der Waals surface area contributed by atoms with Crippen molar-refractivity contribution < 1.29 is 4.79 Å². The second-order valence-electron chi connectivity index (χ2n) is 4.55. The lowest BCUT2D eigenvalue weighted by molar-refractivity contribution is -0.132. The van der Waals surface area contributed by atoms with Crippen molar-refractivity contribution in [1.29, 1.82) is 0 Å². The third-order valence-corrected chi connectivity index (χ3v) is 3.67. The molecule has 0 aromatic carbocycles. The summed E-state index contributed by atoms with van der Waals surface area (Å²) in [5.41, 5.74) is 0. The Kier molecular flexibility index (Phi) is 3.26. The zero-order chi connectivity index (χ0) is 10.8. The van der Waals surface area contributed by atoms with E-state index in [1.54, 1.807) is 6.92 Å². The highest BCUT2D eigenvalue weighted by molar-refractivity contribution is 5.73. The molecule has 1 atom stereocenters. The van der Waals surface area contributed by atoms with Gasteiger partial charge in [-0.1, -0.05) is 6.92 Å². The first kappa shape index (κ1) is 10.9. The Labute approximate surface area is 91.8 Å². The molecule has 0 N–H and O–H groups in total. The Morgan fingerprint density at radius 3 is 2.60 bits per heavy atom. The molecular weight excluding hydrogens is 190 g/mol. The molecule has 0 aromatic rings. The van der Waals surface area contributed by atoms with Crippen molar-refractivity contribution in [3.63, 3.8) is 0 Å². The van der Waals surface area contributed by atoms with E-state index in [9.17, 15) is 4.79 Å². The van der Waals surface area contributed by atoms with Gasteiger partial charge in [0, 0.05) is 52.2 Å². The molecule has 1 amide bonds. The lowest BCUT2D eigenvalue weighted by Crippen LogP contribution is -2.62. The number of fused-ring (bicyclic) bond motifs is 1. The molecule has 4 nitrogen and oxygen atoms in total. The first-order chi connectivity index (χ1) is 7.20. The van der Waals surface area contributed by atoms with E-state index in [0.717, 1.165) is 32.7 Å². The first-order valence-electron chi connectivity index (χ1n) is 5.92. The largest absolute Gasteiger partial charge is 0.340 e. The Morgan fingerprint density at radius 1 is 1.20 bits per heavy atom. The van der Waals surface area contributed by atoms with Gasteiger partial charge in [-0.05, 0) is 6.54 Å². The predicted molar refractivity (Wildman–Crippen MR) is 59.7 cm³/mol. The zero-order valence-corrected chi connectivity index (χ0v) is 9.78. The lowest BCUT2D eigenvalue weighted by atomic mass is 10.1. The Hall–Kier alpha value is -0.610. The van der Waals surface area contributed by atoms with Crippen molar-refractivity contribution in [3.05, 3.63) is 0 Å². The van der Waals surface area contributed by atoms with E-state index in [-0.39, 0.29) is 5.91 Å². The highest BCUT2D eigenvalue weighted by Gasteiger charge is 2.32. The van der Waals surface area contributed by atoms with E-state index in [2.05, 4.69) is 16.7 Å². The number of likely N-dealkylation sites (N-methyl/N-ethyl adjacent to an activating group) is 1. The van der Waals surface area contributed by atoms with Crippen LogP contribution in [0.5, 0.6) is 0 Å². The summed E-state index contributed by atoms with van der Waals surface area (Å²) in [6.45, 7) is 11.4. The molecule has 0 aromatic heterocycles. The van der Waals surface area contributed by atoms with Crippen LogP contribution in [-0.2, 0) is 4.79 Å². The molecule has 0 bridgehead atoms. The maximum Gasteiger partial charge on any atom is 0.219 e. The van der Waals surface area contributed by atoms with Gasteiger partial charge < -0.3 is 9.80 Å². The summed E-state index contributed by atoms with van der Waals surface area (Å²) >= 11 is 0. The van der Waals surface area contributed by atoms with E-state index >= 15 is 0 Å². The highest BCUT2D eigenvalue weighted by Crippen LogP contribution is 2.15. The van der Waals surface area contributed by atoms with Crippen LogP contribution in [0.4, 0.5) is 0 Å². The zero-order valence-electron chi connectivity index (χ0n) is 9.78. The summed E-state index contributed by atoms with van der Waals surface area (Å²) in [4.78, 5) is 18.3. The maximum absolute atomic E-state index is 11.3. The third-order valence-electron chi connectivity index (χ3n) is 3.67. The molecular formula is C11H21N3O. The number of rotatable bonds is 1. The smallest absolute Gasteiger partial charge is 0.219 e. The van der Waals surface area contributed by atoms with Crippen LogP contribution in [0.15, 0.2) is 0 Å². The average Bonchev–Trinajstić information content (AvgIpc) is 2.27. The van der Waals surface area contributed by atoms with E-state index in [1.807, 2.05) is 4.90 Å². The summed E-state index contributed by atoms with van der Waals surface area (Å²) in [6.07, 6.45) is 0. The minimum atomic E-state index is 0.225. The number of hydrogen-bond acceptors (Lipinski definition) is 3.